The Morgan fingerprint density at radius 3 is 2.50 bits per heavy atom. The topological polar surface area (TPSA) is 60.9 Å². The number of hydrogen-bond donors (Lipinski definition) is 0. The van der Waals surface area contributed by atoms with Gasteiger partial charge in [0.15, 0.2) is 0 Å². The van der Waals surface area contributed by atoms with Gasteiger partial charge in [0.2, 0.25) is 5.91 Å². The molecule has 2 atom stereocenters. The number of nitrogens with zero attached hydrogens (tertiary/aromatic N) is 3. The summed E-state index contributed by atoms with van der Waals surface area (Å²) in [5, 5.41) is 0. The largest absolute Gasteiger partial charge is 0.338 e. The molecule has 0 bridgehead atoms. The van der Waals surface area contributed by atoms with Crippen molar-refractivity contribution in [3.05, 3.63) is 30.3 Å². The third-order valence-electron chi connectivity index (χ3n) is 4.90. The molecule has 24 heavy (non-hydrogen) atoms. The molecule has 2 saturated heterocycles. The summed E-state index contributed by atoms with van der Waals surface area (Å²) in [4.78, 5) is 42.1. The zero-order valence-electron chi connectivity index (χ0n) is 14.1. The molecular formula is C18H23N3O3. The Balaban J connectivity index is 1.75. The first-order chi connectivity index (χ1) is 11.5. The summed E-state index contributed by atoms with van der Waals surface area (Å²) in [5.74, 6) is -0.465. The number of amides is 4. The number of rotatable bonds is 3. The highest BCUT2D eigenvalue weighted by Crippen LogP contribution is 2.26. The highest BCUT2D eigenvalue weighted by atomic mass is 16.2. The fourth-order valence-corrected chi connectivity index (χ4v) is 3.49. The summed E-state index contributed by atoms with van der Waals surface area (Å²) in [6.45, 7) is 4.24. The van der Waals surface area contributed by atoms with Gasteiger partial charge in [0, 0.05) is 18.3 Å². The van der Waals surface area contributed by atoms with E-state index in [9.17, 15) is 14.4 Å². The zero-order valence-corrected chi connectivity index (χ0v) is 14.1. The van der Waals surface area contributed by atoms with Crippen LogP contribution in [0.15, 0.2) is 30.3 Å². The number of urea groups is 1. The third kappa shape index (κ3) is 2.88. The van der Waals surface area contributed by atoms with Gasteiger partial charge in [-0.3, -0.25) is 19.4 Å². The minimum atomic E-state index is -0.591. The Labute approximate surface area is 142 Å². The monoisotopic (exact) mass is 329 g/mol. The second-order valence-corrected chi connectivity index (χ2v) is 6.52. The van der Waals surface area contributed by atoms with E-state index in [1.807, 2.05) is 25.1 Å². The van der Waals surface area contributed by atoms with Gasteiger partial charge in [-0.1, -0.05) is 18.2 Å². The molecule has 2 fully saturated rings. The lowest BCUT2D eigenvalue weighted by Gasteiger charge is -2.34. The van der Waals surface area contributed by atoms with Crippen LogP contribution in [0, 0.1) is 0 Å². The standard InChI is InChI=1S/C18H23N3O3/c1-13-8-6-7-11-19(13)16(22)12-20-17(23)14(2)21(18(20)24)15-9-4-3-5-10-15/h3-5,9-10,13-14H,6-8,11-12H2,1-2H3/t13-,14+/m0/s1. The fraction of sp³-hybridized carbons (Fsp3) is 0.500. The lowest BCUT2D eigenvalue weighted by Crippen LogP contribution is -2.48. The molecule has 2 aliphatic rings. The van der Waals surface area contributed by atoms with Crippen LogP contribution < -0.4 is 4.90 Å². The molecule has 0 aliphatic carbocycles. The smallest absolute Gasteiger partial charge is 0.332 e. The maximum absolute atomic E-state index is 12.7. The summed E-state index contributed by atoms with van der Waals surface area (Å²) in [5.41, 5.74) is 0.671. The van der Waals surface area contributed by atoms with E-state index in [1.165, 1.54) is 4.90 Å². The van der Waals surface area contributed by atoms with Crippen molar-refractivity contribution in [1.82, 2.24) is 9.80 Å². The summed E-state index contributed by atoms with van der Waals surface area (Å²) >= 11 is 0. The SMILES string of the molecule is C[C@@H]1C(=O)N(CC(=O)N2CCCC[C@@H]2C)C(=O)N1c1ccccc1. The van der Waals surface area contributed by atoms with E-state index in [-0.39, 0.29) is 24.4 Å². The quantitative estimate of drug-likeness (QED) is 0.799. The van der Waals surface area contributed by atoms with Crippen LogP contribution in [0.25, 0.3) is 0 Å². The van der Waals surface area contributed by atoms with E-state index in [1.54, 1.807) is 24.0 Å². The van der Waals surface area contributed by atoms with E-state index in [0.29, 0.717) is 12.2 Å². The molecule has 0 unspecified atom stereocenters. The van der Waals surface area contributed by atoms with E-state index < -0.39 is 12.1 Å². The summed E-state index contributed by atoms with van der Waals surface area (Å²) in [6.07, 6.45) is 3.07. The molecule has 1 aromatic rings. The maximum Gasteiger partial charge on any atom is 0.332 e. The first-order valence-corrected chi connectivity index (χ1v) is 8.50. The minimum absolute atomic E-state index is 0.147. The highest BCUT2D eigenvalue weighted by molar-refractivity contribution is 6.15. The van der Waals surface area contributed by atoms with Crippen LogP contribution in [-0.2, 0) is 9.59 Å². The number of benzene rings is 1. The van der Waals surface area contributed by atoms with Crippen LogP contribution in [0.5, 0.6) is 0 Å². The van der Waals surface area contributed by atoms with Gasteiger partial charge in [-0.25, -0.2) is 4.79 Å². The molecular weight excluding hydrogens is 306 g/mol. The first kappa shape index (κ1) is 16.5. The minimum Gasteiger partial charge on any atom is -0.338 e. The number of imide groups is 1. The second-order valence-electron chi connectivity index (χ2n) is 6.52. The van der Waals surface area contributed by atoms with Crippen LogP contribution in [-0.4, -0.2) is 52.8 Å². The van der Waals surface area contributed by atoms with Crippen molar-refractivity contribution in [2.75, 3.05) is 18.0 Å². The van der Waals surface area contributed by atoms with Gasteiger partial charge in [-0.05, 0) is 45.2 Å². The van der Waals surface area contributed by atoms with Gasteiger partial charge >= 0.3 is 6.03 Å². The molecule has 0 spiro atoms. The number of likely N-dealkylation sites (tertiary alicyclic amines) is 1. The van der Waals surface area contributed by atoms with Crippen molar-refractivity contribution in [3.63, 3.8) is 0 Å². The van der Waals surface area contributed by atoms with Crippen LogP contribution in [0.4, 0.5) is 10.5 Å². The van der Waals surface area contributed by atoms with Gasteiger partial charge < -0.3 is 4.90 Å². The molecule has 128 valence electrons. The van der Waals surface area contributed by atoms with Crippen molar-refractivity contribution in [3.8, 4) is 0 Å². The predicted molar refractivity (Wildman–Crippen MR) is 90.5 cm³/mol. The lowest BCUT2D eigenvalue weighted by atomic mass is 10.0. The van der Waals surface area contributed by atoms with E-state index in [0.717, 1.165) is 24.2 Å². The van der Waals surface area contributed by atoms with Gasteiger partial charge in [-0.15, -0.1) is 0 Å². The van der Waals surface area contributed by atoms with Crippen LogP contribution in [0.2, 0.25) is 0 Å². The Hall–Kier alpha value is -2.37. The van der Waals surface area contributed by atoms with Crippen LogP contribution in [0.3, 0.4) is 0 Å². The molecule has 0 radical (unpaired) electrons. The molecule has 0 saturated carbocycles. The molecule has 2 heterocycles. The van der Waals surface area contributed by atoms with E-state index in [4.69, 9.17) is 0 Å². The molecule has 0 N–H and O–H groups in total. The number of anilines is 1. The molecule has 1 aromatic carbocycles. The molecule has 0 aromatic heterocycles. The number of para-hydroxylation sites is 1. The Bertz CT molecular complexity index is 646. The lowest BCUT2D eigenvalue weighted by molar-refractivity contribution is -0.139. The normalized spacial score (nSPS) is 24.7. The maximum atomic E-state index is 12.7. The van der Waals surface area contributed by atoms with Gasteiger partial charge in [0.05, 0.1) is 0 Å². The zero-order chi connectivity index (χ0) is 17.3. The van der Waals surface area contributed by atoms with Gasteiger partial charge in [0.25, 0.3) is 5.91 Å². The molecule has 2 aliphatic heterocycles. The summed E-state index contributed by atoms with van der Waals surface area (Å²) in [7, 11) is 0. The van der Waals surface area contributed by atoms with Crippen LogP contribution in [0.1, 0.15) is 33.1 Å². The van der Waals surface area contributed by atoms with Crippen molar-refractivity contribution in [2.45, 2.75) is 45.2 Å². The van der Waals surface area contributed by atoms with Crippen molar-refractivity contribution in [1.29, 1.82) is 0 Å². The van der Waals surface area contributed by atoms with Gasteiger partial charge in [-0.2, -0.15) is 0 Å². The first-order valence-electron chi connectivity index (χ1n) is 8.50. The number of carbonyl (C=O) groups excluding carboxylic acids is 3. The fourth-order valence-electron chi connectivity index (χ4n) is 3.49. The number of piperidine rings is 1. The van der Waals surface area contributed by atoms with Crippen molar-refractivity contribution >= 4 is 23.5 Å². The second kappa shape index (κ2) is 6.63. The van der Waals surface area contributed by atoms with Crippen molar-refractivity contribution < 1.29 is 14.4 Å². The summed E-state index contributed by atoms with van der Waals surface area (Å²) < 4.78 is 0. The van der Waals surface area contributed by atoms with Crippen LogP contribution >= 0.6 is 0 Å². The van der Waals surface area contributed by atoms with E-state index >= 15 is 0 Å². The molecule has 6 nitrogen and oxygen atoms in total. The molecule has 3 rings (SSSR count). The average Bonchev–Trinajstić information content (AvgIpc) is 2.79. The van der Waals surface area contributed by atoms with E-state index in [2.05, 4.69) is 0 Å². The highest BCUT2D eigenvalue weighted by Gasteiger charge is 2.44. The Kier molecular flexibility index (Phi) is 4.55. The Morgan fingerprint density at radius 2 is 1.83 bits per heavy atom. The predicted octanol–water partition coefficient (Wildman–Crippen LogP) is 2.24. The Morgan fingerprint density at radius 1 is 1.12 bits per heavy atom. The van der Waals surface area contributed by atoms with Gasteiger partial charge in [0.1, 0.15) is 12.6 Å². The van der Waals surface area contributed by atoms with Crippen molar-refractivity contribution in [2.24, 2.45) is 0 Å². The average molecular weight is 329 g/mol. The molecule has 6 heteroatoms. The molecule has 4 amide bonds. The number of hydrogen-bond acceptors (Lipinski definition) is 3. The third-order valence-corrected chi connectivity index (χ3v) is 4.90. The number of carbonyl (C=O) groups is 3. The summed E-state index contributed by atoms with van der Waals surface area (Å²) in [6, 6.07) is 8.24.